The van der Waals surface area contributed by atoms with Crippen LogP contribution in [0.3, 0.4) is 0 Å². The molecule has 0 aliphatic heterocycles. The summed E-state index contributed by atoms with van der Waals surface area (Å²) in [5.74, 6) is -1.03. The molecule has 1 aromatic carbocycles. The Labute approximate surface area is 94.6 Å². The average molecular weight is 229 g/mol. The van der Waals surface area contributed by atoms with Gasteiger partial charge in [0, 0.05) is 12.1 Å². The Bertz CT molecular complexity index is 331. The molecule has 90 valence electrons. The molecular formula is C12H17F2NO. The lowest BCUT2D eigenvalue weighted by atomic mass is 10.2. The number of rotatable bonds is 6. The molecule has 0 bridgehead atoms. The molecular weight excluding hydrogens is 212 g/mol. The summed E-state index contributed by atoms with van der Waals surface area (Å²) in [7, 11) is 1.89. The maximum atomic E-state index is 13.1. The highest BCUT2D eigenvalue weighted by atomic mass is 19.1. The molecule has 1 aromatic rings. The van der Waals surface area contributed by atoms with E-state index in [1.165, 1.54) is 0 Å². The summed E-state index contributed by atoms with van der Waals surface area (Å²) in [5.41, 5.74) is 0. The molecule has 0 aliphatic rings. The van der Waals surface area contributed by atoms with Gasteiger partial charge in [-0.25, -0.2) is 8.78 Å². The number of hydrogen-bond donors (Lipinski definition) is 1. The molecule has 16 heavy (non-hydrogen) atoms. The average Bonchev–Trinajstić information content (AvgIpc) is 2.28. The third kappa shape index (κ3) is 4.14. The van der Waals surface area contributed by atoms with Gasteiger partial charge in [0.25, 0.3) is 0 Å². The second-order valence-electron chi connectivity index (χ2n) is 3.76. The first-order chi connectivity index (χ1) is 7.63. The third-order valence-electron chi connectivity index (χ3n) is 2.43. The molecule has 1 rings (SSSR count). The zero-order valence-electron chi connectivity index (χ0n) is 9.59. The Kier molecular flexibility index (Phi) is 5.19. The van der Waals surface area contributed by atoms with Crippen LogP contribution in [0.15, 0.2) is 18.2 Å². The number of hydrogen-bond acceptors (Lipinski definition) is 2. The number of halogens is 2. The fourth-order valence-corrected chi connectivity index (χ4v) is 1.30. The third-order valence-corrected chi connectivity index (χ3v) is 2.43. The largest absolute Gasteiger partial charge is 0.490 e. The molecule has 1 unspecified atom stereocenters. The minimum absolute atomic E-state index is 0.0166. The summed E-state index contributed by atoms with van der Waals surface area (Å²) in [6.07, 6.45) is 1.74. The van der Waals surface area contributed by atoms with Crippen LogP contribution in [-0.2, 0) is 0 Å². The Morgan fingerprint density at radius 2 is 2.12 bits per heavy atom. The van der Waals surface area contributed by atoms with Gasteiger partial charge >= 0.3 is 0 Å². The normalized spacial score (nSPS) is 12.5. The van der Waals surface area contributed by atoms with Gasteiger partial charge in [-0.2, -0.15) is 0 Å². The van der Waals surface area contributed by atoms with Gasteiger partial charge in [-0.05, 0) is 38.9 Å². The van der Waals surface area contributed by atoms with Crippen molar-refractivity contribution in [3.8, 4) is 5.75 Å². The molecule has 0 amide bonds. The zero-order valence-corrected chi connectivity index (χ0v) is 9.59. The summed E-state index contributed by atoms with van der Waals surface area (Å²) in [5, 5.41) is 3.09. The van der Waals surface area contributed by atoms with Gasteiger partial charge < -0.3 is 10.1 Å². The summed E-state index contributed by atoms with van der Waals surface area (Å²) in [6, 6.07) is 3.61. The lowest BCUT2D eigenvalue weighted by Gasteiger charge is -2.10. The first kappa shape index (κ1) is 12.9. The molecule has 2 nitrogen and oxygen atoms in total. The van der Waals surface area contributed by atoms with E-state index in [-0.39, 0.29) is 5.75 Å². The topological polar surface area (TPSA) is 21.3 Å². The first-order valence-corrected chi connectivity index (χ1v) is 5.38. The Hall–Kier alpha value is -1.16. The molecule has 0 spiro atoms. The van der Waals surface area contributed by atoms with Crippen LogP contribution < -0.4 is 10.1 Å². The smallest absolute Gasteiger partial charge is 0.165 e. The van der Waals surface area contributed by atoms with Crippen molar-refractivity contribution in [2.75, 3.05) is 13.7 Å². The lowest BCUT2D eigenvalue weighted by Crippen LogP contribution is -2.21. The molecule has 0 radical (unpaired) electrons. The van der Waals surface area contributed by atoms with Crippen molar-refractivity contribution < 1.29 is 13.5 Å². The molecule has 0 heterocycles. The van der Waals surface area contributed by atoms with E-state index in [1.807, 2.05) is 7.05 Å². The Balaban J connectivity index is 2.34. The van der Waals surface area contributed by atoms with Gasteiger partial charge in [0.15, 0.2) is 11.6 Å². The summed E-state index contributed by atoms with van der Waals surface area (Å²) in [6.45, 7) is 2.45. The summed E-state index contributed by atoms with van der Waals surface area (Å²) in [4.78, 5) is 0. The van der Waals surface area contributed by atoms with Crippen molar-refractivity contribution in [2.24, 2.45) is 0 Å². The van der Waals surface area contributed by atoms with E-state index < -0.39 is 11.6 Å². The monoisotopic (exact) mass is 229 g/mol. The maximum absolute atomic E-state index is 13.1. The molecule has 1 N–H and O–H groups in total. The van der Waals surface area contributed by atoms with Crippen molar-refractivity contribution in [1.82, 2.24) is 5.32 Å². The molecule has 0 aliphatic carbocycles. The quantitative estimate of drug-likeness (QED) is 0.757. The first-order valence-electron chi connectivity index (χ1n) is 5.38. The fraction of sp³-hybridized carbons (Fsp3) is 0.500. The van der Waals surface area contributed by atoms with Crippen LogP contribution in [0, 0.1) is 11.6 Å². The maximum Gasteiger partial charge on any atom is 0.165 e. The van der Waals surface area contributed by atoms with Crippen LogP contribution in [0.2, 0.25) is 0 Å². The van der Waals surface area contributed by atoms with Gasteiger partial charge in [-0.1, -0.05) is 0 Å². The van der Waals surface area contributed by atoms with Crippen molar-refractivity contribution >= 4 is 0 Å². The SMILES string of the molecule is CNC(C)CCCOc1cc(F)ccc1F. The minimum Gasteiger partial charge on any atom is -0.490 e. The van der Waals surface area contributed by atoms with E-state index in [0.29, 0.717) is 12.6 Å². The van der Waals surface area contributed by atoms with Crippen LogP contribution in [0.1, 0.15) is 19.8 Å². The van der Waals surface area contributed by atoms with Gasteiger partial charge in [-0.3, -0.25) is 0 Å². The standard InChI is InChI=1S/C12H17F2NO/c1-9(15-2)4-3-7-16-12-8-10(13)5-6-11(12)14/h5-6,8-9,15H,3-4,7H2,1-2H3. The van der Waals surface area contributed by atoms with Crippen molar-refractivity contribution in [1.29, 1.82) is 0 Å². The highest BCUT2D eigenvalue weighted by Gasteiger charge is 2.05. The van der Waals surface area contributed by atoms with Gasteiger partial charge in [-0.15, -0.1) is 0 Å². The van der Waals surface area contributed by atoms with E-state index >= 15 is 0 Å². The van der Waals surface area contributed by atoms with Crippen LogP contribution in [0.25, 0.3) is 0 Å². The summed E-state index contributed by atoms with van der Waals surface area (Å²) < 4.78 is 31.1. The Morgan fingerprint density at radius 3 is 2.81 bits per heavy atom. The van der Waals surface area contributed by atoms with E-state index in [4.69, 9.17) is 4.74 Å². The van der Waals surface area contributed by atoms with Crippen molar-refractivity contribution in [3.05, 3.63) is 29.8 Å². The molecule has 4 heteroatoms. The van der Waals surface area contributed by atoms with E-state index in [0.717, 1.165) is 31.0 Å². The highest BCUT2D eigenvalue weighted by Crippen LogP contribution is 2.18. The second kappa shape index (κ2) is 6.43. The van der Waals surface area contributed by atoms with Crippen molar-refractivity contribution in [2.45, 2.75) is 25.8 Å². The molecule has 0 aromatic heterocycles. The zero-order chi connectivity index (χ0) is 12.0. The molecule has 0 fully saturated rings. The van der Waals surface area contributed by atoms with Crippen molar-refractivity contribution in [3.63, 3.8) is 0 Å². The van der Waals surface area contributed by atoms with Gasteiger partial charge in [0.1, 0.15) is 5.82 Å². The van der Waals surface area contributed by atoms with Gasteiger partial charge in [0.2, 0.25) is 0 Å². The molecule has 0 saturated carbocycles. The van der Waals surface area contributed by atoms with E-state index in [1.54, 1.807) is 0 Å². The molecule has 1 atom stereocenters. The lowest BCUT2D eigenvalue weighted by molar-refractivity contribution is 0.284. The number of benzene rings is 1. The number of nitrogens with one attached hydrogen (secondary N) is 1. The highest BCUT2D eigenvalue weighted by molar-refractivity contribution is 5.24. The second-order valence-corrected chi connectivity index (χ2v) is 3.76. The van der Waals surface area contributed by atoms with Gasteiger partial charge in [0.05, 0.1) is 6.61 Å². The van der Waals surface area contributed by atoms with Crippen LogP contribution in [0.5, 0.6) is 5.75 Å². The molecule has 0 saturated heterocycles. The van der Waals surface area contributed by atoms with Crippen LogP contribution >= 0.6 is 0 Å². The van der Waals surface area contributed by atoms with E-state index in [9.17, 15) is 8.78 Å². The predicted molar refractivity (Wildman–Crippen MR) is 59.6 cm³/mol. The number of ether oxygens (including phenoxy) is 1. The minimum atomic E-state index is -0.525. The Morgan fingerprint density at radius 1 is 1.38 bits per heavy atom. The fourth-order valence-electron chi connectivity index (χ4n) is 1.30. The van der Waals surface area contributed by atoms with Crippen LogP contribution in [-0.4, -0.2) is 19.7 Å². The van der Waals surface area contributed by atoms with Crippen LogP contribution in [0.4, 0.5) is 8.78 Å². The van der Waals surface area contributed by atoms with E-state index in [2.05, 4.69) is 12.2 Å². The summed E-state index contributed by atoms with van der Waals surface area (Å²) >= 11 is 0. The predicted octanol–water partition coefficient (Wildman–Crippen LogP) is 2.73.